The normalized spacial score (nSPS) is 11.6. The van der Waals surface area contributed by atoms with Gasteiger partial charge >= 0.3 is 0 Å². The molecule has 7 heteroatoms. The van der Waals surface area contributed by atoms with Gasteiger partial charge < -0.3 is 15.4 Å². The molecular weight excluding hydrogens is 444 g/mol. The van der Waals surface area contributed by atoms with E-state index in [1.807, 2.05) is 74.5 Å². The third-order valence-electron chi connectivity index (χ3n) is 5.42. The van der Waals surface area contributed by atoms with Gasteiger partial charge in [-0.3, -0.25) is 4.79 Å². The largest absolute Gasteiger partial charge is 0.497 e. The predicted molar refractivity (Wildman–Crippen MR) is 138 cm³/mol. The van der Waals surface area contributed by atoms with Crippen LogP contribution >= 0.6 is 11.3 Å². The molecule has 0 radical (unpaired) electrons. The van der Waals surface area contributed by atoms with Gasteiger partial charge in [-0.15, -0.1) is 11.3 Å². The minimum atomic E-state index is -0.293. The second kappa shape index (κ2) is 10.5. The van der Waals surface area contributed by atoms with Crippen molar-refractivity contribution in [1.29, 1.82) is 0 Å². The van der Waals surface area contributed by atoms with Crippen molar-refractivity contribution in [3.8, 4) is 5.75 Å². The maximum Gasteiger partial charge on any atom is 0.256 e. The van der Waals surface area contributed by atoms with Gasteiger partial charge in [-0.2, -0.15) is 0 Å². The summed E-state index contributed by atoms with van der Waals surface area (Å²) in [6.45, 7) is 6.01. The van der Waals surface area contributed by atoms with Gasteiger partial charge in [-0.25, -0.2) is 9.97 Å². The smallest absolute Gasteiger partial charge is 0.256 e. The lowest BCUT2D eigenvalue weighted by Gasteiger charge is -2.21. The summed E-state index contributed by atoms with van der Waals surface area (Å²) in [5.41, 5.74) is 4.33. The van der Waals surface area contributed by atoms with Crippen LogP contribution in [0.25, 0.3) is 0 Å². The highest BCUT2D eigenvalue weighted by molar-refractivity contribution is 7.16. The monoisotopic (exact) mass is 472 g/mol. The second-order valence-corrected chi connectivity index (χ2v) is 9.14. The average molecular weight is 473 g/mol. The number of thiophene rings is 1. The topological polar surface area (TPSA) is 76.1 Å². The molecule has 1 amide bonds. The van der Waals surface area contributed by atoms with Crippen molar-refractivity contribution in [2.45, 2.75) is 33.2 Å². The lowest BCUT2D eigenvalue weighted by molar-refractivity contribution is 0.102. The van der Waals surface area contributed by atoms with E-state index in [0.29, 0.717) is 11.5 Å². The highest BCUT2D eigenvalue weighted by atomic mass is 32.1. The Hall–Kier alpha value is -3.71. The lowest BCUT2D eigenvalue weighted by atomic mass is 9.99. The van der Waals surface area contributed by atoms with Crippen molar-refractivity contribution in [2.24, 2.45) is 0 Å². The number of hydrogen-bond donors (Lipinski definition) is 2. The molecule has 0 spiro atoms. The third-order valence-corrected chi connectivity index (χ3v) is 6.63. The van der Waals surface area contributed by atoms with E-state index in [1.165, 1.54) is 4.88 Å². The molecule has 2 heterocycles. The quantitative estimate of drug-likeness (QED) is 0.320. The van der Waals surface area contributed by atoms with Crippen molar-refractivity contribution in [3.05, 3.63) is 99.7 Å². The maximum atomic E-state index is 13.0. The fraction of sp³-hybridized carbons (Fsp3) is 0.222. The molecule has 2 aromatic carbocycles. The minimum Gasteiger partial charge on any atom is -0.497 e. The molecule has 6 nitrogen and oxygen atoms in total. The number of amides is 1. The summed E-state index contributed by atoms with van der Waals surface area (Å²) in [5.74, 6) is 1.15. The Morgan fingerprint density at radius 1 is 1.00 bits per heavy atom. The number of hydrogen-bond acceptors (Lipinski definition) is 6. The van der Waals surface area contributed by atoms with E-state index >= 15 is 0 Å². The number of benzene rings is 2. The first kappa shape index (κ1) is 23.4. The van der Waals surface area contributed by atoms with Crippen LogP contribution < -0.4 is 15.4 Å². The van der Waals surface area contributed by atoms with Crippen molar-refractivity contribution in [2.75, 3.05) is 17.7 Å². The number of nitrogens with zero attached hydrogens (tertiary/aromatic N) is 2. The van der Waals surface area contributed by atoms with Crippen LogP contribution in [0, 0.1) is 13.8 Å². The zero-order valence-corrected chi connectivity index (χ0v) is 20.6. The molecule has 2 aromatic heterocycles. The van der Waals surface area contributed by atoms with Crippen molar-refractivity contribution in [3.63, 3.8) is 0 Å². The molecule has 0 fully saturated rings. The van der Waals surface area contributed by atoms with E-state index in [4.69, 9.17) is 4.74 Å². The van der Waals surface area contributed by atoms with Crippen LogP contribution in [0.2, 0.25) is 0 Å². The Balaban J connectivity index is 1.78. The summed E-state index contributed by atoms with van der Waals surface area (Å²) in [7, 11) is 1.65. The molecule has 0 bridgehead atoms. The molecule has 0 saturated carbocycles. The summed E-state index contributed by atoms with van der Waals surface area (Å²) < 4.78 is 5.48. The number of aryl methyl sites for hydroxylation is 3. The van der Waals surface area contributed by atoms with Crippen molar-refractivity contribution < 1.29 is 9.53 Å². The summed E-state index contributed by atoms with van der Waals surface area (Å²) >= 11 is 1.59. The van der Waals surface area contributed by atoms with Gasteiger partial charge in [-0.05, 0) is 62.2 Å². The Morgan fingerprint density at radius 3 is 2.41 bits per heavy atom. The summed E-state index contributed by atoms with van der Waals surface area (Å²) in [6, 6.07) is 20.9. The number of methoxy groups -OCH3 is 1. The Morgan fingerprint density at radius 2 is 1.74 bits per heavy atom. The molecule has 4 rings (SSSR count). The summed E-state index contributed by atoms with van der Waals surface area (Å²) in [5, 5.41) is 7.45. The van der Waals surface area contributed by atoms with E-state index < -0.39 is 0 Å². The summed E-state index contributed by atoms with van der Waals surface area (Å²) in [4.78, 5) is 23.4. The number of rotatable bonds is 8. The first-order chi connectivity index (χ1) is 16.5. The van der Waals surface area contributed by atoms with Gasteiger partial charge in [-0.1, -0.05) is 37.3 Å². The number of ether oxygens (including phenoxy) is 1. The molecule has 0 aliphatic rings. The van der Waals surface area contributed by atoms with Crippen LogP contribution in [-0.4, -0.2) is 23.0 Å². The molecule has 4 aromatic rings. The zero-order chi connectivity index (χ0) is 24.1. The minimum absolute atomic E-state index is 0.140. The molecule has 174 valence electrons. The Bertz CT molecular complexity index is 1270. The fourth-order valence-electron chi connectivity index (χ4n) is 3.79. The average Bonchev–Trinajstić information content (AvgIpc) is 3.25. The van der Waals surface area contributed by atoms with Gasteiger partial charge in [0.05, 0.1) is 13.2 Å². The van der Waals surface area contributed by atoms with E-state index in [-0.39, 0.29) is 11.9 Å². The SMILES string of the molecule is CCc1cc([C@H](Nc2nc(C)cc(C)n2)c2cccc(OC)c2)c(NC(=O)c2ccccc2)s1. The van der Waals surface area contributed by atoms with Crippen LogP contribution in [-0.2, 0) is 6.42 Å². The standard InChI is InChI=1S/C27H28N4O2S/c1-5-22-16-23(26(34-22)31-25(32)19-10-7-6-8-11-19)24(20-12-9-13-21(15-20)33-4)30-27-28-17(2)14-18(3)29-27/h6-16,24H,5H2,1-4H3,(H,31,32)(H,28,29,30)/t24-/m1/s1. The van der Waals surface area contributed by atoms with E-state index in [1.54, 1.807) is 18.4 Å². The molecule has 1 atom stereocenters. The first-order valence-corrected chi connectivity index (χ1v) is 12.0. The zero-order valence-electron chi connectivity index (χ0n) is 19.8. The van der Waals surface area contributed by atoms with Gasteiger partial charge in [0, 0.05) is 27.4 Å². The van der Waals surface area contributed by atoms with Crippen LogP contribution in [0.3, 0.4) is 0 Å². The van der Waals surface area contributed by atoms with E-state index in [0.717, 1.165) is 39.7 Å². The van der Waals surface area contributed by atoms with Gasteiger partial charge in [0.15, 0.2) is 0 Å². The predicted octanol–water partition coefficient (Wildman–Crippen LogP) is 6.18. The van der Waals surface area contributed by atoms with Crippen LogP contribution in [0.5, 0.6) is 5.75 Å². The molecule has 34 heavy (non-hydrogen) atoms. The number of anilines is 2. The summed E-state index contributed by atoms with van der Waals surface area (Å²) in [6.07, 6.45) is 0.865. The number of carbonyl (C=O) groups is 1. The number of aromatic nitrogens is 2. The highest BCUT2D eigenvalue weighted by Crippen LogP contribution is 2.38. The molecule has 0 aliphatic carbocycles. The third kappa shape index (κ3) is 5.43. The maximum absolute atomic E-state index is 13.0. The molecule has 2 N–H and O–H groups in total. The fourth-order valence-corrected chi connectivity index (χ4v) is 4.82. The van der Waals surface area contributed by atoms with Crippen LogP contribution in [0.1, 0.15) is 50.7 Å². The lowest BCUT2D eigenvalue weighted by Crippen LogP contribution is -2.18. The highest BCUT2D eigenvalue weighted by Gasteiger charge is 2.23. The van der Waals surface area contributed by atoms with Crippen molar-refractivity contribution in [1.82, 2.24) is 9.97 Å². The molecule has 0 unspecified atom stereocenters. The van der Waals surface area contributed by atoms with Gasteiger partial charge in [0.25, 0.3) is 5.91 Å². The van der Waals surface area contributed by atoms with E-state index in [9.17, 15) is 4.79 Å². The number of nitrogens with one attached hydrogen (secondary N) is 2. The Labute approximate surface area is 204 Å². The molecule has 0 saturated heterocycles. The first-order valence-electron chi connectivity index (χ1n) is 11.2. The van der Waals surface area contributed by atoms with Gasteiger partial charge in [0.2, 0.25) is 5.95 Å². The molecular formula is C27H28N4O2S. The van der Waals surface area contributed by atoms with Crippen LogP contribution in [0.4, 0.5) is 10.9 Å². The molecule has 0 aliphatic heterocycles. The van der Waals surface area contributed by atoms with Gasteiger partial charge in [0.1, 0.15) is 10.8 Å². The van der Waals surface area contributed by atoms with E-state index in [2.05, 4.69) is 33.6 Å². The van der Waals surface area contributed by atoms with Crippen LogP contribution in [0.15, 0.2) is 66.7 Å². The Kier molecular flexibility index (Phi) is 7.23. The second-order valence-electron chi connectivity index (χ2n) is 8.00. The number of carbonyl (C=O) groups excluding carboxylic acids is 1. The van der Waals surface area contributed by atoms with Crippen molar-refractivity contribution >= 4 is 28.2 Å².